The van der Waals surface area contributed by atoms with Crippen molar-refractivity contribution < 1.29 is 13.9 Å². The number of guanidine groups is 1. The largest absolute Gasteiger partial charge is 0.383 e. The molecule has 1 fully saturated rings. The fourth-order valence-electron chi connectivity index (χ4n) is 3.37. The van der Waals surface area contributed by atoms with Crippen LogP contribution in [-0.2, 0) is 9.47 Å². The van der Waals surface area contributed by atoms with Gasteiger partial charge in [-0.25, -0.2) is 4.39 Å². The maximum atomic E-state index is 14.7. The van der Waals surface area contributed by atoms with Crippen molar-refractivity contribution in [3.63, 3.8) is 0 Å². The summed E-state index contributed by atoms with van der Waals surface area (Å²) in [7, 11) is 1.66. The van der Waals surface area contributed by atoms with Crippen LogP contribution in [0.15, 0.2) is 23.2 Å². The molecule has 3 atom stereocenters. The lowest BCUT2D eigenvalue weighted by Gasteiger charge is -2.37. The molecule has 1 aliphatic heterocycles. The molecule has 1 aromatic rings. The van der Waals surface area contributed by atoms with Crippen LogP contribution in [0.5, 0.6) is 0 Å². The second kappa shape index (κ2) is 13.6. The van der Waals surface area contributed by atoms with Crippen LogP contribution in [-0.4, -0.2) is 69.5 Å². The van der Waals surface area contributed by atoms with E-state index < -0.39 is 0 Å². The van der Waals surface area contributed by atoms with E-state index in [-0.39, 0.29) is 48.0 Å². The van der Waals surface area contributed by atoms with Gasteiger partial charge in [0, 0.05) is 43.4 Å². The first-order valence-corrected chi connectivity index (χ1v) is 10.2. The number of morpholine rings is 1. The fourth-order valence-corrected chi connectivity index (χ4v) is 3.66. The zero-order chi connectivity index (χ0) is 20.5. The Kier molecular flexibility index (Phi) is 12.3. The van der Waals surface area contributed by atoms with Crippen molar-refractivity contribution in [1.82, 2.24) is 15.5 Å². The number of rotatable bonds is 8. The highest BCUT2D eigenvalue weighted by Crippen LogP contribution is 2.31. The average molecular weight is 543 g/mol. The Morgan fingerprint density at radius 2 is 2.24 bits per heavy atom. The van der Waals surface area contributed by atoms with Gasteiger partial charge in [0.1, 0.15) is 5.82 Å². The molecule has 0 radical (unpaired) electrons. The fraction of sp³-hybridized carbons (Fsp3) is 0.650. The van der Waals surface area contributed by atoms with Gasteiger partial charge in [0.15, 0.2) is 5.96 Å². The van der Waals surface area contributed by atoms with Gasteiger partial charge < -0.3 is 20.1 Å². The van der Waals surface area contributed by atoms with Crippen molar-refractivity contribution >= 4 is 41.5 Å². The van der Waals surface area contributed by atoms with Crippen molar-refractivity contribution in [3.8, 4) is 0 Å². The Labute approximate surface area is 195 Å². The van der Waals surface area contributed by atoms with Gasteiger partial charge in [-0.05, 0) is 32.9 Å². The summed E-state index contributed by atoms with van der Waals surface area (Å²) >= 11 is 6.39. The SMILES string of the molecule is CCNC(=NCC(c1c(F)cccc1Cl)N1CCOC(C)C1)NC(C)COC.I. The van der Waals surface area contributed by atoms with Gasteiger partial charge >= 0.3 is 0 Å². The highest BCUT2D eigenvalue weighted by molar-refractivity contribution is 14.0. The number of halogens is 3. The first-order valence-electron chi connectivity index (χ1n) is 9.79. The van der Waals surface area contributed by atoms with Crippen molar-refractivity contribution in [2.75, 3.05) is 46.5 Å². The minimum atomic E-state index is -0.308. The number of nitrogens with zero attached hydrogens (tertiary/aromatic N) is 2. The molecule has 0 bridgehead atoms. The number of nitrogens with one attached hydrogen (secondary N) is 2. The third kappa shape index (κ3) is 8.16. The number of aliphatic imine (C=N–C) groups is 1. The third-order valence-corrected chi connectivity index (χ3v) is 4.94. The maximum Gasteiger partial charge on any atom is 0.191 e. The van der Waals surface area contributed by atoms with E-state index in [2.05, 4.69) is 15.5 Å². The molecule has 29 heavy (non-hydrogen) atoms. The molecule has 0 aromatic heterocycles. The minimum absolute atomic E-state index is 0. The van der Waals surface area contributed by atoms with Crippen LogP contribution in [0.1, 0.15) is 32.4 Å². The first-order chi connectivity index (χ1) is 13.5. The lowest BCUT2D eigenvalue weighted by molar-refractivity contribution is -0.0336. The van der Waals surface area contributed by atoms with E-state index in [9.17, 15) is 4.39 Å². The number of benzene rings is 1. The lowest BCUT2D eigenvalue weighted by Crippen LogP contribution is -2.46. The Bertz CT molecular complexity index is 633. The van der Waals surface area contributed by atoms with Crippen molar-refractivity contribution in [1.29, 1.82) is 0 Å². The zero-order valence-corrected chi connectivity index (χ0v) is 20.7. The Balaban J connectivity index is 0.00000420. The van der Waals surface area contributed by atoms with E-state index >= 15 is 0 Å². The molecule has 0 spiro atoms. The molecule has 0 amide bonds. The molecule has 3 unspecified atom stereocenters. The normalized spacial score (nSPS) is 19.9. The van der Waals surface area contributed by atoms with E-state index in [1.54, 1.807) is 19.2 Å². The van der Waals surface area contributed by atoms with Crippen LogP contribution < -0.4 is 10.6 Å². The van der Waals surface area contributed by atoms with Crippen LogP contribution >= 0.6 is 35.6 Å². The molecule has 2 rings (SSSR count). The summed E-state index contributed by atoms with van der Waals surface area (Å²) in [4.78, 5) is 6.92. The van der Waals surface area contributed by atoms with E-state index in [1.165, 1.54) is 6.07 Å². The lowest BCUT2D eigenvalue weighted by atomic mass is 10.0. The topological polar surface area (TPSA) is 58.1 Å². The predicted molar refractivity (Wildman–Crippen MR) is 127 cm³/mol. The van der Waals surface area contributed by atoms with Gasteiger partial charge in [0.05, 0.1) is 31.9 Å². The van der Waals surface area contributed by atoms with Crippen molar-refractivity contribution in [3.05, 3.63) is 34.6 Å². The number of hydrogen-bond acceptors (Lipinski definition) is 4. The maximum absolute atomic E-state index is 14.7. The smallest absolute Gasteiger partial charge is 0.191 e. The summed E-state index contributed by atoms with van der Waals surface area (Å²) in [5.74, 6) is 0.364. The molecular formula is C20H33ClFIN4O2. The van der Waals surface area contributed by atoms with E-state index in [1.807, 2.05) is 20.8 Å². The second-order valence-corrected chi connectivity index (χ2v) is 7.46. The van der Waals surface area contributed by atoms with Gasteiger partial charge in [-0.3, -0.25) is 9.89 Å². The summed E-state index contributed by atoms with van der Waals surface area (Å²) in [5.41, 5.74) is 0.489. The number of ether oxygens (including phenoxy) is 2. The molecule has 0 aliphatic carbocycles. The van der Waals surface area contributed by atoms with Crippen LogP contribution in [0, 0.1) is 5.82 Å². The van der Waals surface area contributed by atoms with E-state index in [4.69, 9.17) is 26.1 Å². The molecule has 6 nitrogen and oxygen atoms in total. The predicted octanol–water partition coefficient (Wildman–Crippen LogP) is 3.45. The van der Waals surface area contributed by atoms with Gasteiger partial charge in [-0.2, -0.15) is 0 Å². The number of methoxy groups -OCH3 is 1. The summed E-state index contributed by atoms with van der Waals surface area (Å²) in [5, 5.41) is 6.96. The van der Waals surface area contributed by atoms with Crippen molar-refractivity contribution in [2.24, 2.45) is 4.99 Å². The Morgan fingerprint density at radius 1 is 1.48 bits per heavy atom. The van der Waals surface area contributed by atoms with E-state index in [0.717, 1.165) is 6.54 Å². The molecule has 1 saturated heterocycles. The average Bonchev–Trinajstić information content (AvgIpc) is 2.64. The van der Waals surface area contributed by atoms with Gasteiger partial charge in [0.25, 0.3) is 0 Å². The molecule has 166 valence electrons. The van der Waals surface area contributed by atoms with Gasteiger partial charge in [-0.15, -0.1) is 24.0 Å². The second-order valence-electron chi connectivity index (χ2n) is 7.05. The van der Waals surface area contributed by atoms with E-state index in [0.29, 0.717) is 49.4 Å². The summed E-state index contributed by atoms with van der Waals surface area (Å²) in [6, 6.07) is 4.63. The molecule has 1 aliphatic rings. The Morgan fingerprint density at radius 3 is 2.86 bits per heavy atom. The van der Waals surface area contributed by atoms with Gasteiger partial charge in [0.2, 0.25) is 0 Å². The minimum Gasteiger partial charge on any atom is -0.383 e. The molecule has 9 heteroatoms. The Hall–Kier alpha value is -0.680. The van der Waals surface area contributed by atoms with Crippen LogP contribution in [0.3, 0.4) is 0 Å². The summed E-state index contributed by atoms with van der Waals surface area (Å²) < 4.78 is 25.5. The van der Waals surface area contributed by atoms with Crippen molar-refractivity contribution in [2.45, 2.75) is 39.0 Å². The molecule has 1 aromatic carbocycles. The standard InChI is InChI=1S/C20H32ClFN4O2.HI/c1-5-23-20(25-14(2)13-27-4)24-11-18(26-9-10-28-15(3)12-26)19-16(21)7-6-8-17(19)22;/h6-8,14-15,18H,5,9-13H2,1-4H3,(H2,23,24,25);1H. The quantitative estimate of drug-likeness (QED) is 0.299. The van der Waals surface area contributed by atoms with Crippen LogP contribution in [0.25, 0.3) is 0 Å². The summed E-state index contributed by atoms with van der Waals surface area (Å²) in [6.45, 7) is 9.73. The summed E-state index contributed by atoms with van der Waals surface area (Å²) in [6.07, 6.45) is 0.0823. The first kappa shape index (κ1) is 26.4. The number of hydrogen-bond donors (Lipinski definition) is 2. The zero-order valence-electron chi connectivity index (χ0n) is 17.6. The molecule has 2 N–H and O–H groups in total. The van der Waals surface area contributed by atoms with Crippen LogP contribution in [0.4, 0.5) is 4.39 Å². The van der Waals surface area contributed by atoms with Gasteiger partial charge in [-0.1, -0.05) is 17.7 Å². The van der Waals surface area contributed by atoms with Crippen LogP contribution in [0.2, 0.25) is 5.02 Å². The molecule has 1 heterocycles. The third-order valence-electron chi connectivity index (χ3n) is 4.61. The highest BCUT2D eigenvalue weighted by atomic mass is 127. The monoisotopic (exact) mass is 542 g/mol. The molecule has 0 saturated carbocycles. The molecular weight excluding hydrogens is 510 g/mol. The highest BCUT2D eigenvalue weighted by Gasteiger charge is 2.29.